The zero-order valence-corrected chi connectivity index (χ0v) is 11.8. The van der Waals surface area contributed by atoms with E-state index < -0.39 is 0 Å². The van der Waals surface area contributed by atoms with E-state index in [-0.39, 0.29) is 5.91 Å². The Morgan fingerprint density at radius 2 is 2.00 bits per heavy atom. The molecule has 0 saturated carbocycles. The molecule has 2 heterocycles. The van der Waals surface area contributed by atoms with Gasteiger partial charge in [0.25, 0.3) is 5.91 Å². The van der Waals surface area contributed by atoms with Crippen LogP contribution in [0.3, 0.4) is 0 Å². The van der Waals surface area contributed by atoms with Gasteiger partial charge in [-0.3, -0.25) is 9.78 Å². The van der Waals surface area contributed by atoms with E-state index in [1.807, 2.05) is 24.3 Å². The first-order valence-electron chi connectivity index (χ1n) is 6.76. The summed E-state index contributed by atoms with van der Waals surface area (Å²) < 4.78 is 1.74. The van der Waals surface area contributed by atoms with E-state index in [0.717, 1.165) is 11.1 Å². The van der Waals surface area contributed by atoms with Gasteiger partial charge in [0, 0.05) is 18.9 Å². The summed E-state index contributed by atoms with van der Waals surface area (Å²) in [5, 5.41) is 6.94. The monoisotopic (exact) mass is 294 g/mol. The highest BCUT2D eigenvalue weighted by atomic mass is 16.1. The van der Waals surface area contributed by atoms with Gasteiger partial charge in [-0.25, -0.2) is 14.6 Å². The Hall–Kier alpha value is -3.09. The number of hydrogen-bond donors (Lipinski definition) is 1. The van der Waals surface area contributed by atoms with Crippen LogP contribution in [0.1, 0.15) is 21.6 Å². The number of aromatic nitrogens is 5. The molecule has 110 valence electrons. The maximum absolute atomic E-state index is 12.0. The molecule has 0 unspecified atom stereocenters. The summed E-state index contributed by atoms with van der Waals surface area (Å²) in [7, 11) is 0. The zero-order valence-electron chi connectivity index (χ0n) is 11.8. The SMILES string of the molecule is O=C(NCc1ccccc1Cn1cncn1)c1cnccn1. The third kappa shape index (κ3) is 3.32. The topological polar surface area (TPSA) is 85.6 Å². The Labute approximate surface area is 127 Å². The number of amides is 1. The summed E-state index contributed by atoms with van der Waals surface area (Å²) in [5.41, 5.74) is 2.40. The van der Waals surface area contributed by atoms with Crippen LogP contribution in [0.2, 0.25) is 0 Å². The Balaban J connectivity index is 1.69. The van der Waals surface area contributed by atoms with Crippen molar-refractivity contribution in [3.63, 3.8) is 0 Å². The quantitative estimate of drug-likeness (QED) is 0.760. The molecule has 0 fully saturated rings. The third-order valence-corrected chi connectivity index (χ3v) is 3.15. The average molecular weight is 294 g/mol. The minimum Gasteiger partial charge on any atom is -0.347 e. The minimum atomic E-state index is -0.247. The molecule has 1 N–H and O–H groups in total. The fraction of sp³-hybridized carbons (Fsp3) is 0.133. The van der Waals surface area contributed by atoms with Crippen molar-refractivity contribution < 1.29 is 4.79 Å². The summed E-state index contributed by atoms with van der Waals surface area (Å²) in [6.45, 7) is 1.03. The first-order valence-corrected chi connectivity index (χ1v) is 6.76. The summed E-state index contributed by atoms with van der Waals surface area (Å²) in [4.78, 5) is 23.8. The van der Waals surface area contributed by atoms with Crippen LogP contribution >= 0.6 is 0 Å². The molecule has 1 aromatic carbocycles. The second-order valence-corrected chi connectivity index (χ2v) is 4.64. The van der Waals surface area contributed by atoms with Crippen molar-refractivity contribution in [3.8, 4) is 0 Å². The van der Waals surface area contributed by atoms with Gasteiger partial charge in [-0.2, -0.15) is 5.10 Å². The fourth-order valence-corrected chi connectivity index (χ4v) is 2.06. The Kier molecular flexibility index (Phi) is 4.15. The highest BCUT2D eigenvalue weighted by Crippen LogP contribution is 2.10. The average Bonchev–Trinajstić information content (AvgIpc) is 3.07. The van der Waals surface area contributed by atoms with Gasteiger partial charge in [0.15, 0.2) is 0 Å². The number of hydrogen-bond acceptors (Lipinski definition) is 5. The summed E-state index contributed by atoms with van der Waals surface area (Å²) >= 11 is 0. The molecule has 3 aromatic rings. The van der Waals surface area contributed by atoms with E-state index >= 15 is 0 Å². The van der Waals surface area contributed by atoms with Crippen molar-refractivity contribution in [3.05, 3.63) is 72.3 Å². The van der Waals surface area contributed by atoms with Gasteiger partial charge in [-0.1, -0.05) is 24.3 Å². The van der Waals surface area contributed by atoms with Crippen molar-refractivity contribution in [2.24, 2.45) is 0 Å². The van der Waals surface area contributed by atoms with Crippen LogP contribution in [0.15, 0.2) is 55.5 Å². The molecule has 0 bridgehead atoms. The van der Waals surface area contributed by atoms with Crippen molar-refractivity contribution in [2.45, 2.75) is 13.1 Å². The molecular formula is C15H14N6O. The minimum absolute atomic E-state index is 0.247. The third-order valence-electron chi connectivity index (χ3n) is 3.15. The number of carbonyl (C=O) groups is 1. The van der Waals surface area contributed by atoms with E-state index in [1.54, 1.807) is 11.0 Å². The lowest BCUT2D eigenvalue weighted by molar-refractivity contribution is 0.0945. The van der Waals surface area contributed by atoms with Crippen LogP contribution in [0.25, 0.3) is 0 Å². The van der Waals surface area contributed by atoms with E-state index in [0.29, 0.717) is 18.8 Å². The number of benzene rings is 1. The van der Waals surface area contributed by atoms with Crippen LogP contribution in [0.4, 0.5) is 0 Å². The summed E-state index contributed by atoms with van der Waals surface area (Å²) in [6.07, 6.45) is 7.63. The molecule has 0 aliphatic rings. The van der Waals surface area contributed by atoms with Crippen molar-refractivity contribution in [2.75, 3.05) is 0 Å². The van der Waals surface area contributed by atoms with Gasteiger partial charge in [0.2, 0.25) is 0 Å². The van der Waals surface area contributed by atoms with Gasteiger partial charge >= 0.3 is 0 Å². The predicted octanol–water partition coefficient (Wildman–Crippen LogP) is 1.05. The Morgan fingerprint density at radius 1 is 1.14 bits per heavy atom. The molecule has 22 heavy (non-hydrogen) atoms. The van der Waals surface area contributed by atoms with Crippen LogP contribution in [0, 0.1) is 0 Å². The molecule has 1 amide bonds. The van der Waals surface area contributed by atoms with Gasteiger partial charge in [0.05, 0.1) is 12.7 Å². The predicted molar refractivity (Wildman–Crippen MR) is 78.8 cm³/mol. The summed E-state index contributed by atoms with van der Waals surface area (Å²) in [6, 6.07) is 7.88. The molecule has 0 radical (unpaired) electrons. The van der Waals surface area contributed by atoms with E-state index in [9.17, 15) is 4.79 Å². The Bertz CT molecular complexity index is 742. The largest absolute Gasteiger partial charge is 0.347 e. The van der Waals surface area contributed by atoms with Gasteiger partial charge < -0.3 is 5.32 Å². The lowest BCUT2D eigenvalue weighted by Crippen LogP contribution is -2.24. The van der Waals surface area contributed by atoms with E-state index in [4.69, 9.17) is 0 Å². The second kappa shape index (κ2) is 6.57. The van der Waals surface area contributed by atoms with Crippen LogP contribution < -0.4 is 5.32 Å². The standard InChI is InChI=1S/C15H14N6O/c22-15(14-8-16-5-6-18-14)19-7-12-3-1-2-4-13(12)9-21-11-17-10-20-21/h1-6,8,10-11H,7,9H2,(H,19,22). The van der Waals surface area contributed by atoms with Crippen LogP contribution in [-0.2, 0) is 13.1 Å². The molecule has 0 spiro atoms. The maximum Gasteiger partial charge on any atom is 0.271 e. The summed E-state index contributed by atoms with van der Waals surface area (Å²) in [5.74, 6) is -0.247. The zero-order chi connectivity index (χ0) is 15.2. The molecule has 0 aliphatic carbocycles. The van der Waals surface area contributed by atoms with Crippen molar-refractivity contribution in [1.29, 1.82) is 0 Å². The molecular weight excluding hydrogens is 280 g/mol. The van der Waals surface area contributed by atoms with E-state index in [2.05, 4.69) is 25.4 Å². The highest BCUT2D eigenvalue weighted by molar-refractivity contribution is 5.91. The van der Waals surface area contributed by atoms with Gasteiger partial charge in [-0.15, -0.1) is 0 Å². The molecule has 0 saturated heterocycles. The smallest absolute Gasteiger partial charge is 0.271 e. The number of nitrogens with zero attached hydrogens (tertiary/aromatic N) is 5. The molecule has 7 nitrogen and oxygen atoms in total. The maximum atomic E-state index is 12.0. The van der Waals surface area contributed by atoms with Crippen LogP contribution in [0.5, 0.6) is 0 Å². The van der Waals surface area contributed by atoms with E-state index in [1.165, 1.54) is 24.9 Å². The number of rotatable bonds is 5. The number of nitrogens with one attached hydrogen (secondary N) is 1. The molecule has 0 aliphatic heterocycles. The molecule has 2 aromatic heterocycles. The lowest BCUT2D eigenvalue weighted by atomic mass is 10.1. The van der Waals surface area contributed by atoms with Crippen molar-refractivity contribution in [1.82, 2.24) is 30.0 Å². The van der Waals surface area contributed by atoms with Gasteiger partial charge in [0.1, 0.15) is 18.3 Å². The second-order valence-electron chi connectivity index (χ2n) is 4.64. The molecule has 7 heteroatoms. The van der Waals surface area contributed by atoms with Crippen LogP contribution in [-0.4, -0.2) is 30.6 Å². The Morgan fingerprint density at radius 3 is 2.73 bits per heavy atom. The lowest BCUT2D eigenvalue weighted by Gasteiger charge is -2.10. The molecule has 0 atom stereocenters. The first kappa shape index (κ1) is 13.9. The fourth-order valence-electron chi connectivity index (χ4n) is 2.06. The first-order chi connectivity index (χ1) is 10.8. The van der Waals surface area contributed by atoms with Gasteiger partial charge in [-0.05, 0) is 11.1 Å². The number of carbonyl (C=O) groups excluding carboxylic acids is 1. The highest BCUT2D eigenvalue weighted by Gasteiger charge is 2.08. The normalized spacial score (nSPS) is 10.4. The molecule has 3 rings (SSSR count). The van der Waals surface area contributed by atoms with Crippen molar-refractivity contribution >= 4 is 5.91 Å².